The van der Waals surface area contributed by atoms with Crippen LogP contribution in [0.15, 0.2) is 23.1 Å². The minimum absolute atomic E-state index is 0.0939. The molecule has 2 fully saturated rings. The van der Waals surface area contributed by atoms with Crippen molar-refractivity contribution >= 4 is 33.2 Å². The number of carbonyl (C=O) groups excluding carboxylic acids is 2. The molecule has 0 aromatic heterocycles. The van der Waals surface area contributed by atoms with E-state index in [1.807, 2.05) is 6.92 Å². The van der Waals surface area contributed by atoms with Gasteiger partial charge in [0.05, 0.1) is 16.3 Å². The summed E-state index contributed by atoms with van der Waals surface area (Å²) in [6.45, 7) is 4.23. The average molecular weight is 435 g/mol. The summed E-state index contributed by atoms with van der Waals surface area (Å²) in [5.41, 5.74) is 1.35. The molecule has 1 aromatic carbocycles. The number of carbonyl (C=O) groups is 2. The Morgan fingerprint density at radius 1 is 1.10 bits per heavy atom. The highest BCUT2D eigenvalue weighted by molar-refractivity contribution is 7.89. The average Bonchev–Trinajstić information content (AvgIpc) is 3.30. The summed E-state index contributed by atoms with van der Waals surface area (Å²) in [7, 11) is -3.61. The molecule has 0 saturated carbocycles. The Morgan fingerprint density at radius 3 is 2.57 bits per heavy atom. The van der Waals surface area contributed by atoms with Gasteiger partial charge >= 0.3 is 0 Å². The molecule has 8 nitrogen and oxygen atoms in total. The molecule has 30 heavy (non-hydrogen) atoms. The molecule has 2 saturated heterocycles. The summed E-state index contributed by atoms with van der Waals surface area (Å²) < 4.78 is 27.7. The third-order valence-corrected chi connectivity index (χ3v) is 8.07. The van der Waals surface area contributed by atoms with Gasteiger partial charge in [-0.1, -0.05) is 6.92 Å². The van der Waals surface area contributed by atoms with Crippen molar-refractivity contribution in [3.05, 3.63) is 18.2 Å². The van der Waals surface area contributed by atoms with Crippen molar-refractivity contribution < 1.29 is 18.0 Å². The van der Waals surface area contributed by atoms with Crippen molar-refractivity contribution in [3.63, 3.8) is 0 Å². The van der Waals surface area contributed by atoms with Gasteiger partial charge in [0.2, 0.25) is 21.8 Å². The highest BCUT2D eigenvalue weighted by Crippen LogP contribution is 2.41. The summed E-state index contributed by atoms with van der Waals surface area (Å²) >= 11 is 0. The van der Waals surface area contributed by atoms with Gasteiger partial charge < -0.3 is 10.2 Å². The van der Waals surface area contributed by atoms with Gasteiger partial charge in [-0.3, -0.25) is 14.5 Å². The molecule has 0 spiro atoms. The number of nitrogens with zero attached hydrogens (tertiary/aromatic N) is 3. The van der Waals surface area contributed by atoms with Crippen LogP contribution < -0.4 is 15.1 Å². The lowest BCUT2D eigenvalue weighted by molar-refractivity contribution is -0.125. The second-order valence-electron chi connectivity index (χ2n) is 8.24. The van der Waals surface area contributed by atoms with Crippen LogP contribution in [0.2, 0.25) is 0 Å². The predicted molar refractivity (Wildman–Crippen MR) is 115 cm³/mol. The predicted octanol–water partition coefficient (Wildman–Crippen LogP) is 1.70. The Balaban J connectivity index is 1.72. The van der Waals surface area contributed by atoms with Crippen LogP contribution in [0, 0.1) is 0 Å². The van der Waals surface area contributed by atoms with Gasteiger partial charge in [0.1, 0.15) is 12.6 Å². The van der Waals surface area contributed by atoms with Crippen molar-refractivity contribution in [2.24, 2.45) is 0 Å². The fraction of sp³-hybridized carbons (Fsp3) is 0.619. The van der Waals surface area contributed by atoms with Crippen LogP contribution in [-0.2, 0) is 19.6 Å². The van der Waals surface area contributed by atoms with Gasteiger partial charge in [-0.15, -0.1) is 0 Å². The first kappa shape index (κ1) is 21.1. The second kappa shape index (κ2) is 8.55. The van der Waals surface area contributed by atoms with Crippen molar-refractivity contribution in [2.45, 2.75) is 56.4 Å². The minimum atomic E-state index is -3.61. The third kappa shape index (κ3) is 3.80. The molecule has 0 radical (unpaired) electrons. The molecule has 0 aliphatic carbocycles. The van der Waals surface area contributed by atoms with Crippen molar-refractivity contribution in [2.75, 3.05) is 42.5 Å². The number of anilines is 2. The Kier molecular flexibility index (Phi) is 6.02. The first-order valence-corrected chi connectivity index (χ1v) is 12.4. The van der Waals surface area contributed by atoms with E-state index in [4.69, 9.17) is 0 Å². The van der Waals surface area contributed by atoms with E-state index in [2.05, 4.69) is 10.2 Å². The number of nitrogens with one attached hydrogen (secondary N) is 1. The zero-order valence-corrected chi connectivity index (χ0v) is 18.3. The number of hydrogen-bond donors (Lipinski definition) is 1. The molecule has 0 bridgehead atoms. The Bertz CT molecular complexity index is 927. The monoisotopic (exact) mass is 434 g/mol. The van der Waals surface area contributed by atoms with Gasteiger partial charge in [0, 0.05) is 26.2 Å². The molecule has 1 aromatic rings. The summed E-state index contributed by atoms with van der Waals surface area (Å²) in [6, 6.07) is 4.74. The maximum Gasteiger partial charge on any atom is 0.250 e. The Morgan fingerprint density at radius 2 is 1.83 bits per heavy atom. The zero-order valence-electron chi connectivity index (χ0n) is 17.5. The highest BCUT2D eigenvalue weighted by atomic mass is 32.2. The van der Waals surface area contributed by atoms with E-state index in [9.17, 15) is 18.0 Å². The molecule has 3 aliphatic rings. The molecule has 1 atom stereocenters. The lowest BCUT2D eigenvalue weighted by atomic mass is 9.96. The number of amides is 2. The van der Waals surface area contributed by atoms with E-state index >= 15 is 0 Å². The summed E-state index contributed by atoms with van der Waals surface area (Å²) in [6.07, 6.45) is 5.25. The molecule has 3 aliphatic heterocycles. The number of fused-ring (bicyclic) bond motifs is 3. The fourth-order valence-corrected chi connectivity index (χ4v) is 6.14. The molecule has 1 N–H and O–H groups in total. The molecule has 164 valence electrons. The maximum atomic E-state index is 13.3. The quantitative estimate of drug-likeness (QED) is 0.736. The van der Waals surface area contributed by atoms with Gasteiger partial charge in [-0.2, -0.15) is 4.31 Å². The van der Waals surface area contributed by atoms with E-state index in [0.717, 1.165) is 50.8 Å². The van der Waals surface area contributed by atoms with Gasteiger partial charge in [-0.25, -0.2) is 8.42 Å². The van der Waals surface area contributed by atoms with Gasteiger partial charge in [0.15, 0.2) is 0 Å². The fourth-order valence-electron chi connectivity index (χ4n) is 4.60. The molecule has 4 rings (SSSR count). The Hall–Kier alpha value is -2.13. The van der Waals surface area contributed by atoms with Crippen molar-refractivity contribution in [3.8, 4) is 0 Å². The number of piperidine rings is 1. The lowest BCUT2D eigenvalue weighted by Gasteiger charge is -2.45. The van der Waals surface area contributed by atoms with E-state index in [0.29, 0.717) is 25.3 Å². The van der Waals surface area contributed by atoms with Crippen LogP contribution in [0.5, 0.6) is 0 Å². The van der Waals surface area contributed by atoms with Crippen LogP contribution in [0.4, 0.5) is 11.4 Å². The van der Waals surface area contributed by atoms with Crippen LogP contribution in [0.1, 0.15) is 45.4 Å². The molecule has 9 heteroatoms. The van der Waals surface area contributed by atoms with Crippen LogP contribution in [0.25, 0.3) is 0 Å². The van der Waals surface area contributed by atoms with E-state index in [1.54, 1.807) is 18.2 Å². The largest absolute Gasteiger partial charge is 0.358 e. The number of hydrogen-bond acceptors (Lipinski definition) is 5. The van der Waals surface area contributed by atoms with E-state index < -0.39 is 10.0 Å². The normalized spacial score (nSPS) is 22.0. The SMILES string of the molecule is CCCNC(=O)CN1C(=O)[C@H]2CCCCN2c2ccc(S(=O)(=O)N3CCCC3)cc21. The first-order valence-electron chi connectivity index (χ1n) is 10.9. The van der Waals surface area contributed by atoms with Crippen LogP contribution >= 0.6 is 0 Å². The maximum absolute atomic E-state index is 13.3. The van der Waals surface area contributed by atoms with E-state index in [-0.39, 0.29) is 29.3 Å². The van der Waals surface area contributed by atoms with Crippen LogP contribution in [-0.4, -0.2) is 63.3 Å². The first-order chi connectivity index (χ1) is 14.4. The molecular formula is C21H30N4O4S. The number of sulfonamides is 1. The highest BCUT2D eigenvalue weighted by Gasteiger charge is 2.41. The topological polar surface area (TPSA) is 90.0 Å². The second-order valence-corrected chi connectivity index (χ2v) is 10.2. The van der Waals surface area contributed by atoms with Crippen molar-refractivity contribution in [1.82, 2.24) is 9.62 Å². The van der Waals surface area contributed by atoms with Gasteiger partial charge in [-0.05, 0) is 56.7 Å². The zero-order chi connectivity index (χ0) is 21.3. The minimum Gasteiger partial charge on any atom is -0.358 e. The smallest absolute Gasteiger partial charge is 0.250 e. The summed E-state index contributed by atoms with van der Waals surface area (Å²) in [5.74, 6) is -0.349. The Labute approximate surface area is 178 Å². The van der Waals surface area contributed by atoms with Gasteiger partial charge in [0.25, 0.3) is 0 Å². The van der Waals surface area contributed by atoms with Crippen LogP contribution in [0.3, 0.4) is 0 Å². The molecule has 0 unspecified atom stereocenters. The standard InChI is InChI=1S/C21H30N4O4S/c1-2-10-22-20(26)15-25-19-14-16(30(28,29)23-11-5-6-12-23)8-9-17(19)24-13-4-3-7-18(24)21(25)27/h8-9,14,18H,2-7,10-13,15H2,1H3,(H,22,26)/t18-/m1/s1. The number of benzene rings is 1. The summed E-state index contributed by atoms with van der Waals surface area (Å²) in [4.78, 5) is 29.5. The summed E-state index contributed by atoms with van der Waals surface area (Å²) in [5, 5.41) is 2.82. The van der Waals surface area contributed by atoms with E-state index in [1.165, 1.54) is 9.21 Å². The van der Waals surface area contributed by atoms with Crippen molar-refractivity contribution in [1.29, 1.82) is 0 Å². The lowest BCUT2D eigenvalue weighted by Crippen LogP contribution is -2.57. The molecule has 2 amide bonds. The third-order valence-electron chi connectivity index (χ3n) is 6.18. The molecule has 3 heterocycles. The number of rotatable bonds is 6. The molecular weight excluding hydrogens is 404 g/mol.